The summed E-state index contributed by atoms with van der Waals surface area (Å²) in [6.45, 7) is 4.29. The van der Waals surface area contributed by atoms with Crippen molar-refractivity contribution in [3.63, 3.8) is 0 Å². The molecule has 0 aliphatic rings. The third-order valence-electron chi connectivity index (χ3n) is 4.76. The average molecular weight is 391 g/mol. The topological polar surface area (TPSA) is 48.4 Å². The van der Waals surface area contributed by atoms with E-state index in [0.717, 1.165) is 48.1 Å². The van der Waals surface area contributed by atoms with Gasteiger partial charge in [-0.15, -0.1) is 0 Å². The fourth-order valence-electron chi connectivity index (χ4n) is 3.20. The number of aromatic nitrogens is 3. The van der Waals surface area contributed by atoms with Gasteiger partial charge < -0.3 is 9.80 Å². The quantitative estimate of drug-likeness (QED) is 0.587. The Bertz CT molecular complexity index is 884. The van der Waals surface area contributed by atoms with Crippen molar-refractivity contribution in [1.82, 2.24) is 19.9 Å². The van der Waals surface area contributed by atoms with Crippen LogP contribution in [0, 0.1) is 6.92 Å². The Hall–Kier alpha value is -2.99. The minimum atomic E-state index is 0.727. The molecular weight excluding hydrogens is 360 g/mol. The SMILES string of the molecule is Cc1ccnc(CN(Cc2cc(N(C)C)ccn2)Cc2cc(N(C)C)ccn2)c1. The van der Waals surface area contributed by atoms with E-state index in [1.807, 2.05) is 65.0 Å². The number of rotatable bonds is 8. The van der Waals surface area contributed by atoms with Gasteiger partial charge in [0, 0.05) is 77.8 Å². The molecule has 3 rings (SSSR count). The first-order chi connectivity index (χ1) is 13.9. The molecule has 0 unspecified atom stereocenters. The van der Waals surface area contributed by atoms with Crippen molar-refractivity contribution in [3.8, 4) is 0 Å². The minimum Gasteiger partial charge on any atom is -0.378 e. The van der Waals surface area contributed by atoms with E-state index in [4.69, 9.17) is 0 Å². The maximum atomic E-state index is 4.59. The van der Waals surface area contributed by atoms with Crippen LogP contribution in [0.4, 0.5) is 11.4 Å². The number of aryl methyl sites for hydroxylation is 1. The molecule has 6 nitrogen and oxygen atoms in total. The summed E-state index contributed by atoms with van der Waals surface area (Å²) in [5.74, 6) is 0. The molecule has 0 aliphatic heterocycles. The maximum absolute atomic E-state index is 4.59. The van der Waals surface area contributed by atoms with Crippen molar-refractivity contribution in [2.75, 3.05) is 38.0 Å². The summed E-state index contributed by atoms with van der Waals surface area (Å²) in [5, 5.41) is 0. The van der Waals surface area contributed by atoms with Gasteiger partial charge in [0.2, 0.25) is 0 Å². The highest BCUT2D eigenvalue weighted by molar-refractivity contribution is 5.45. The molecule has 29 heavy (non-hydrogen) atoms. The average Bonchev–Trinajstić information content (AvgIpc) is 2.68. The predicted molar refractivity (Wildman–Crippen MR) is 119 cm³/mol. The third kappa shape index (κ3) is 5.99. The molecule has 0 fully saturated rings. The zero-order chi connectivity index (χ0) is 20.8. The van der Waals surface area contributed by atoms with E-state index in [2.05, 4.69) is 54.8 Å². The van der Waals surface area contributed by atoms with Gasteiger partial charge in [0.15, 0.2) is 0 Å². The van der Waals surface area contributed by atoms with Gasteiger partial charge in [-0.05, 0) is 48.9 Å². The molecule has 152 valence electrons. The Morgan fingerprint density at radius 3 is 1.45 bits per heavy atom. The molecule has 0 bridgehead atoms. The lowest BCUT2D eigenvalue weighted by Gasteiger charge is -2.23. The summed E-state index contributed by atoms with van der Waals surface area (Å²) >= 11 is 0. The maximum Gasteiger partial charge on any atom is 0.0564 e. The van der Waals surface area contributed by atoms with Crippen LogP contribution in [0.15, 0.2) is 55.0 Å². The largest absolute Gasteiger partial charge is 0.378 e. The second-order valence-corrected chi connectivity index (χ2v) is 7.77. The minimum absolute atomic E-state index is 0.727. The first-order valence-electron chi connectivity index (χ1n) is 9.79. The van der Waals surface area contributed by atoms with Gasteiger partial charge in [0.1, 0.15) is 0 Å². The van der Waals surface area contributed by atoms with E-state index in [1.54, 1.807) is 0 Å². The van der Waals surface area contributed by atoms with Crippen LogP contribution in [0.5, 0.6) is 0 Å². The molecule has 3 heterocycles. The highest BCUT2D eigenvalue weighted by Gasteiger charge is 2.12. The summed E-state index contributed by atoms with van der Waals surface area (Å²) in [6.07, 6.45) is 5.62. The lowest BCUT2D eigenvalue weighted by molar-refractivity contribution is 0.239. The number of hydrogen-bond acceptors (Lipinski definition) is 6. The molecule has 0 radical (unpaired) electrons. The molecule has 0 N–H and O–H groups in total. The number of hydrogen-bond donors (Lipinski definition) is 0. The zero-order valence-corrected chi connectivity index (χ0v) is 18.0. The Labute approximate surface area is 173 Å². The van der Waals surface area contributed by atoms with Gasteiger partial charge in [-0.1, -0.05) is 0 Å². The monoisotopic (exact) mass is 390 g/mol. The second-order valence-electron chi connectivity index (χ2n) is 7.77. The van der Waals surface area contributed by atoms with Crippen molar-refractivity contribution < 1.29 is 0 Å². The van der Waals surface area contributed by atoms with E-state index in [9.17, 15) is 0 Å². The molecule has 0 aromatic carbocycles. The van der Waals surface area contributed by atoms with Gasteiger partial charge >= 0.3 is 0 Å². The Morgan fingerprint density at radius 1 is 0.621 bits per heavy atom. The van der Waals surface area contributed by atoms with Crippen molar-refractivity contribution in [2.24, 2.45) is 0 Å². The molecule has 3 aromatic heterocycles. The van der Waals surface area contributed by atoms with E-state index in [1.165, 1.54) is 5.56 Å². The van der Waals surface area contributed by atoms with E-state index in [0.29, 0.717) is 0 Å². The Morgan fingerprint density at radius 2 is 1.03 bits per heavy atom. The number of anilines is 2. The summed E-state index contributed by atoms with van der Waals surface area (Å²) in [4.78, 5) is 20.3. The van der Waals surface area contributed by atoms with Gasteiger partial charge in [0.25, 0.3) is 0 Å². The lowest BCUT2D eigenvalue weighted by atomic mass is 10.2. The van der Waals surface area contributed by atoms with Crippen LogP contribution in [0.25, 0.3) is 0 Å². The summed E-state index contributed by atoms with van der Waals surface area (Å²) in [7, 11) is 8.18. The van der Waals surface area contributed by atoms with Crippen molar-refractivity contribution in [2.45, 2.75) is 26.6 Å². The molecule has 0 amide bonds. The first-order valence-corrected chi connectivity index (χ1v) is 9.79. The van der Waals surface area contributed by atoms with Crippen molar-refractivity contribution in [1.29, 1.82) is 0 Å². The standard InChI is InChI=1S/C23H30N6/c1-18-6-9-24-19(12-18)15-29(16-20-13-22(27(2)3)7-10-25-20)17-21-14-23(28(4)5)8-11-26-21/h6-14H,15-17H2,1-5H3. The highest BCUT2D eigenvalue weighted by atomic mass is 15.1. The summed E-state index contributed by atoms with van der Waals surface area (Å²) in [6, 6.07) is 12.5. The molecule has 3 aromatic rings. The predicted octanol–water partition coefficient (Wildman–Crippen LogP) is 3.51. The first kappa shape index (κ1) is 20.7. The third-order valence-corrected chi connectivity index (χ3v) is 4.76. The molecule has 0 atom stereocenters. The fourth-order valence-corrected chi connectivity index (χ4v) is 3.20. The lowest BCUT2D eigenvalue weighted by Crippen LogP contribution is -2.24. The molecular formula is C23H30N6. The fraction of sp³-hybridized carbons (Fsp3) is 0.348. The summed E-state index contributed by atoms with van der Waals surface area (Å²) < 4.78 is 0. The normalized spacial score (nSPS) is 11.0. The molecule has 0 saturated carbocycles. The van der Waals surface area contributed by atoms with Gasteiger partial charge in [0.05, 0.1) is 17.1 Å². The number of nitrogens with zero attached hydrogens (tertiary/aromatic N) is 6. The number of pyridine rings is 3. The van der Waals surface area contributed by atoms with Crippen LogP contribution in [0.1, 0.15) is 22.6 Å². The van der Waals surface area contributed by atoms with Crippen LogP contribution in [-0.4, -0.2) is 48.0 Å². The van der Waals surface area contributed by atoms with Crippen molar-refractivity contribution in [3.05, 3.63) is 77.6 Å². The molecule has 0 saturated heterocycles. The van der Waals surface area contributed by atoms with Crippen LogP contribution in [0.3, 0.4) is 0 Å². The molecule has 0 aliphatic carbocycles. The zero-order valence-electron chi connectivity index (χ0n) is 18.0. The van der Waals surface area contributed by atoms with E-state index in [-0.39, 0.29) is 0 Å². The van der Waals surface area contributed by atoms with E-state index < -0.39 is 0 Å². The van der Waals surface area contributed by atoms with Crippen LogP contribution >= 0.6 is 0 Å². The van der Waals surface area contributed by atoms with Crippen molar-refractivity contribution >= 4 is 11.4 Å². The smallest absolute Gasteiger partial charge is 0.0564 e. The van der Waals surface area contributed by atoms with E-state index >= 15 is 0 Å². The second kappa shape index (κ2) is 9.47. The Balaban J connectivity index is 1.85. The van der Waals surface area contributed by atoms with Gasteiger partial charge in [-0.25, -0.2) is 0 Å². The van der Waals surface area contributed by atoms with Gasteiger partial charge in [-0.3, -0.25) is 19.9 Å². The molecule has 6 heteroatoms. The van der Waals surface area contributed by atoms with Crippen LogP contribution in [0.2, 0.25) is 0 Å². The van der Waals surface area contributed by atoms with Crippen LogP contribution in [-0.2, 0) is 19.6 Å². The van der Waals surface area contributed by atoms with Gasteiger partial charge in [-0.2, -0.15) is 0 Å². The highest BCUT2D eigenvalue weighted by Crippen LogP contribution is 2.18. The van der Waals surface area contributed by atoms with Crippen LogP contribution < -0.4 is 9.80 Å². The molecule has 0 spiro atoms. The Kier molecular flexibility index (Phi) is 6.77. The summed E-state index contributed by atoms with van der Waals surface area (Å²) in [5.41, 5.74) is 6.64.